The van der Waals surface area contributed by atoms with Gasteiger partial charge in [-0.3, -0.25) is 4.90 Å². The van der Waals surface area contributed by atoms with Crippen molar-refractivity contribution >= 4 is 17.7 Å². The Morgan fingerprint density at radius 2 is 2.19 bits per heavy atom. The molecule has 1 aromatic carbocycles. The molecule has 0 saturated carbocycles. The highest BCUT2D eigenvalue weighted by molar-refractivity contribution is 5.94. The average molecular weight is 221 g/mol. The van der Waals surface area contributed by atoms with Crippen LogP contribution in [0.4, 0.5) is 10.5 Å². The van der Waals surface area contributed by atoms with Gasteiger partial charge in [0, 0.05) is 6.54 Å². The van der Waals surface area contributed by atoms with Crippen LogP contribution in [0.15, 0.2) is 18.2 Å². The molecule has 16 heavy (non-hydrogen) atoms. The fraction of sp³-hybridized carbons (Fsp3) is 0.273. The first-order valence-corrected chi connectivity index (χ1v) is 4.85. The SMILES string of the molecule is COC(=O)N1CCc2ccc(C(=O)O)cc21. The molecule has 1 aliphatic heterocycles. The molecule has 1 N–H and O–H groups in total. The van der Waals surface area contributed by atoms with E-state index in [0.717, 1.165) is 12.0 Å². The second-order valence-electron chi connectivity index (χ2n) is 3.52. The highest BCUT2D eigenvalue weighted by Gasteiger charge is 2.26. The second kappa shape index (κ2) is 3.84. The highest BCUT2D eigenvalue weighted by atomic mass is 16.5. The first-order valence-electron chi connectivity index (χ1n) is 4.85. The molecule has 0 fully saturated rings. The van der Waals surface area contributed by atoms with Gasteiger partial charge in [0.15, 0.2) is 0 Å². The maximum absolute atomic E-state index is 11.4. The number of nitrogens with zero attached hydrogens (tertiary/aromatic N) is 1. The third kappa shape index (κ3) is 1.60. The Labute approximate surface area is 92.2 Å². The monoisotopic (exact) mass is 221 g/mol. The Morgan fingerprint density at radius 1 is 1.44 bits per heavy atom. The predicted octanol–water partition coefficient (Wildman–Crippen LogP) is 1.51. The summed E-state index contributed by atoms with van der Waals surface area (Å²) in [6.45, 7) is 0.533. The first-order chi connectivity index (χ1) is 7.63. The van der Waals surface area contributed by atoms with Gasteiger partial charge in [-0.05, 0) is 24.1 Å². The van der Waals surface area contributed by atoms with E-state index >= 15 is 0 Å². The van der Waals surface area contributed by atoms with Crippen LogP contribution in [0.1, 0.15) is 15.9 Å². The molecule has 5 nitrogen and oxygen atoms in total. The number of carbonyl (C=O) groups excluding carboxylic acids is 1. The molecular weight excluding hydrogens is 210 g/mol. The molecule has 0 atom stereocenters. The Morgan fingerprint density at radius 3 is 2.81 bits per heavy atom. The van der Waals surface area contributed by atoms with Gasteiger partial charge in [0.1, 0.15) is 0 Å². The van der Waals surface area contributed by atoms with Gasteiger partial charge in [-0.1, -0.05) is 6.07 Å². The lowest BCUT2D eigenvalue weighted by Gasteiger charge is -2.15. The maximum Gasteiger partial charge on any atom is 0.414 e. The van der Waals surface area contributed by atoms with Crippen LogP contribution in [0.25, 0.3) is 0 Å². The van der Waals surface area contributed by atoms with Crippen LogP contribution in [0.3, 0.4) is 0 Å². The van der Waals surface area contributed by atoms with Crippen LogP contribution in [0.2, 0.25) is 0 Å². The summed E-state index contributed by atoms with van der Waals surface area (Å²) >= 11 is 0. The topological polar surface area (TPSA) is 66.8 Å². The normalized spacial score (nSPS) is 13.4. The number of amides is 1. The van der Waals surface area contributed by atoms with Crippen molar-refractivity contribution in [1.82, 2.24) is 0 Å². The van der Waals surface area contributed by atoms with Crippen LogP contribution in [0.5, 0.6) is 0 Å². The van der Waals surface area contributed by atoms with Crippen molar-refractivity contribution in [3.05, 3.63) is 29.3 Å². The van der Waals surface area contributed by atoms with E-state index in [1.807, 2.05) is 0 Å². The van der Waals surface area contributed by atoms with Gasteiger partial charge in [-0.2, -0.15) is 0 Å². The quantitative estimate of drug-likeness (QED) is 0.780. The summed E-state index contributed by atoms with van der Waals surface area (Å²) in [7, 11) is 1.31. The molecule has 5 heteroatoms. The molecule has 1 aromatic rings. The lowest BCUT2D eigenvalue weighted by molar-refractivity contribution is 0.0697. The summed E-state index contributed by atoms with van der Waals surface area (Å²) in [5, 5.41) is 8.86. The van der Waals surface area contributed by atoms with E-state index in [-0.39, 0.29) is 5.56 Å². The Hall–Kier alpha value is -2.04. The van der Waals surface area contributed by atoms with Crippen LogP contribution in [-0.2, 0) is 11.2 Å². The van der Waals surface area contributed by atoms with Crippen molar-refractivity contribution < 1.29 is 19.4 Å². The lowest BCUT2D eigenvalue weighted by Crippen LogP contribution is -2.28. The van der Waals surface area contributed by atoms with Crippen molar-refractivity contribution in [1.29, 1.82) is 0 Å². The number of benzene rings is 1. The number of rotatable bonds is 1. The largest absolute Gasteiger partial charge is 0.478 e. The molecule has 1 aliphatic rings. The van der Waals surface area contributed by atoms with E-state index < -0.39 is 12.1 Å². The maximum atomic E-state index is 11.4. The molecule has 84 valence electrons. The summed E-state index contributed by atoms with van der Waals surface area (Å²) in [5.74, 6) is -1.00. The zero-order valence-electron chi connectivity index (χ0n) is 8.77. The molecule has 0 aromatic heterocycles. The summed E-state index contributed by atoms with van der Waals surface area (Å²) in [6, 6.07) is 4.78. The van der Waals surface area contributed by atoms with Gasteiger partial charge in [0.2, 0.25) is 0 Å². The first kappa shape index (κ1) is 10.5. The van der Waals surface area contributed by atoms with Crippen molar-refractivity contribution in [2.75, 3.05) is 18.6 Å². The number of methoxy groups -OCH3 is 1. The number of carboxylic acids is 1. The number of aromatic carboxylic acids is 1. The van der Waals surface area contributed by atoms with Gasteiger partial charge >= 0.3 is 12.1 Å². The number of fused-ring (bicyclic) bond motifs is 1. The van der Waals surface area contributed by atoms with Crippen LogP contribution in [0, 0.1) is 0 Å². The molecule has 2 rings (SSSR count). The third-order valence-corrected chi connectivity index (χ3v) is 2.62. The summed E-state index contributed by atoms with van der Waals surface area (Å²) in [5.41, 5.74) is 1.77. The highest BCUT2D eigenvalue weighted by Crippen LogP contribution is 2.29. The van der Waals surface area contributed by atoms with Crippen LogP contribution >= 0.6 is 0 Å². The van der Waals surface area contributed by atoms with Crippen molar-refractivity contribution in [2.24, 2.45) is 0 Å². The number of hydrogen-bond donors (Lipinski definition) is 1. The molecular formula is C11H11NO4. The fourth-order valence-corrected chi connectivity index (χ4v) is 1.81. The van der Waals surface area contributed by atoms with Crippen molar-refractivity contribution in [3.63, 3.8) is 0 Å². The number of carboxylic acid groups (broad SMARTS) is 1. The zero-order valence-corrected chi connectivity index (χ0v) is 8.77. The molecule has 0 bridgehead atoms. The van der Waals surface area contributed by atoms with Gasteiger partial charge in [0.05, 0.1) is 18.4 Å². The standard InChI is InChI=1S/C11H11NO4/c1-16-11(15)12-5-4-7-2-3-8(10(13)14)6-9(7)12/h2-3,6H,4-5H2,1H3,(H,13,14). The van der Waals surface area contributed by atoms with E-state index in [9.17, 15) is 9.59 Å². The van der Waals surface area contributed by atoms with E-state index in [2.05, 4.69) is 4.74 Å². The lowest BCUT2D eigenvalue weighted by atomic mass is 10.1. The Balaban J connectivity index is 2.40. The number of ether oxygens (including phenoxy) is 1. The summed E-state index contributed by atoms with van der Waals surface area (Å²) in [6.07, 6.45) is 0.269. The van der Waals surface area contributed by atoms with E-state index in [1.165, 1.54) is 18.1 Å². The molecule has 0 spiro atoms. The molecule has 0 aliphatic carbocycles. The van der Waals surface area contributed by atoms with Gasteiger partial charge in [0.25, 0.3) is 0 Å². The molecule has 0 unspecified atom stereocenters. The van der Waals surface area contributed by atoms with Crippen molar-refractivity contribution in [2.45, 2.75) is 6.42 Å². The predicted molar refractivity (Wildman–Crippen MR) is 56.9 cm³/mol. The van der Waals surface area contributed by atoms with Gasteiger partial charge in [-0.15, -0.1) is 0 Å². The minimum atomic E-state index is -1.00. The van der Waals surface area contributed by atoms with Gasteiger partial charge in [-0.25, -0.2) is 9.59 Å². The van der Waals surface area contributed by atoms with Gasteiger partial charge < -0.3 is 9.84 Å². The smallest absolute Gasteiger partial charge is 0.414 e. The number of anilines is 1. The molecule has 1 heterocycles. The minimum absolute atomic E-state index is 0.176. The Kier molecular flexibility index (Phi) is 2.52. The summed E-state index contributed by atoms with van der Waals surface area (Å²) in [4.78, 5) is 23.7. The fourth-order valence-electron chi connectivity index (χ4n) is 1.81. The van der Waals surface area contributed by atoms with Crippen LogP contribution < -0.4 is 4.90 Å². The molecule has 0 radical (unpaired) electrons. The average Bonchev–Trinajstić information content (AvgIpc) is 2.70. The third-order valence-electron chi connectivity index (χ3n) is 2.62. The number of carbonyl (C=O) groups is 2. The van der Waals surface area contributed by atoms with E-state index in [4.69, 9.17) is 5.11 Å². The van der Waals surface area contributed by atoms with E-state index in [1.54, 1.807) is 12.1 Å². The minimum Gasteiger partial charge on any atom is -0.478 e. The second-order valence-corrected chi connectivity index (χ2v) is 3.52. The molecule has 1 amide bonds. The summed E-state index contributed by atoms with van der Waals surface area (Å²) < 4.78 is 4.63. The Bertz CT molecular complexity index is 455. The van der Waals surface area contributed by atoms with Crippen LogP contribution in [-0.4, -0.2) is 30.8 Å². The van der Waals surface area contributed by atoms with E-state index in [0.29, 0.717) is 12.2 Å². The van der Waals surface area contributed by atoms with Crippen molar-refractivity contribution in [3.8, 4) is 0 Å². The zero-order chi connectivity index (χ0) is 11.7. The number of hydrogen-bond acceptors (Lipinski definition) is 3. The molecule has 0 saturated heterocycles.